The maximum atomic E-state index is 13.0. The minimum absolute atomic E-state index is 0.0859. The summed E-state index contributed by atoms with van der Waals surface area (Å²) in [6.45, 7) is 1.85. The summed E-state index contributed by atoms with van der Waals surface area (Å²) in [7, 11) is 3.11. The summed E-state index contributed by atoms with van der Waals surface area (Å²) in [5.41, 5.74) is 1.27. The zero-order valence-corrected chi connectivity index (χ0v) is 18.9. The molecular weight excluding hydrogens is 436 g/mol. The van der Waals surface area contributed by atoms with Gasteiger partial charge in [0.1, 0.15) is 11.5 Å². The Bertz CT molecular complexity index is 1080. The van der Waals surface area contributed by atoms with E-state index in [0.29, 0.717) is 27.2 Å². The van der Waals surface area contributed by atoms with Crippen LogP contribution in [0.4, 0.5) is 5.95 Å². The van der Waals surface area contributed by atoms with Crippen molar-refractivity contribution in [1.29, 1.82) is 0 Å². The molecule has 1 aliphatic heterocycles. The van der Waals surface area contributed by atoms with Crippen molar-refractivity contribution >= 4 is 35.1 Å². The molecule has 7 nitrogen and oxygen atoms in total. The van der Waals surface area contributed by atoms with Gasteiger partial charge in [-0.2, -0.15) is 0 Å². The number of para-hydroxylation sites is 1. The Hall–Kier alpha value is -2.71. The van der Waals surface area contributed by atoms with E-state index in [4.69, 9.17) is 21.1 Å². The van der Waals surface area contributed by atoms with Crippen LogP contribution in [-0.4, -0.2) is 53.6 Å². The molecule has 0 spiro atoms. The molecule has 0 bridgehead atoms. The fourth-order valence-corrected chi connectivity index (χ4v) is 4.60. The van der Waals surface area contributed by atoms with E-state index in [2.05, 4.69) is 15.1 Å². The highest BCUT2D eigenvalue weighted by atomic mass is 35.5. The second kappa shape index (κ2) is 9.62. The van der Waals surface area contributed by atoms with E-state index in [1.54, 1.807) is 32.4 Å². The summed E-state index contributed by atoms with van der Waals surface area (Å²) in [5, 5.41) is 10.0. The van der Waals surface area contributed by atoms with Crippen molar-refractivity contribution in [2.75, 3.05) is 38.0 Å². The van der Waals surface area contributed by atoms with Gasteiger partial charge in [0.25, 0.3) is 0 Å². The summed E-state index contributed by atoms with van der Waals surface area (Å²) in [5.74, 6) is 1.95. The van der Waals surface area contributed by atoms with Gasteiger partial charge in [-0.05, 0) is 43.2 Å². The number of rotatable bonds is 8. The van der Waals surface area contributed by atoms with Crippen LogP contribution >= 0.6 is 23.4 Å². The zero-order chi connectivity index (χ0) is 21.8. The topological polar surface area (TPSA) is 69.5 Å². The number of thioether (sulfide) groups is 1. The number of Topliss-reactive ketones (excluding diaryl/α,β-unsaturated/α-hetero) is 1. The van der Waals surface area contributed by atoms with Gasteiger partial charge in [-0.1, -0.05) is 35.5 Å². The van der Waals surface area contributed by atoms with E-state index in [1.807, 2.05) is 28.8 Å². The Morgan fingerprint density at radius 2 is 1.87 bits per heavy atom. The number of carbonyl (C=O) groups is 1. The third-order valence-corrected chi connectivity index (χ3v) is 6.39. The highest BCUT2D eigenvalue weighted by Crippen LogP contribution is 2.33. The largest absolute Gasteiger partial charge is 0.497 e. The lowest BCUT2D eigenvalue weighted by Gasteiger charge is -2.19. The van der Waals surface area contributed by atoms with E-state index >= 15 is 0 Å². The predicted molar refractivity (Wildman–Crippen MR) is 122 cm³/mol. The van der Waals surface area contributed by atoms with Crippen LogP contribution in [0.15, 0.2) is 47.6 Å². The number of halogens is 1. The summed E-state index contributed by atoms with van der Waals surface area (Å²) < 4.78 is 12.6. The molecular formula is C22H23ClN4O3S. The number of anilines is 1. The second-order valence-corrected chi connectivity index (χ2v) is 8.39. The van der Waals surface area contributed by atoms with E-state index in [-0.39, 0.29) is 11.5 Å². The molecule has 0 N–H and O–H groups in total. The molecule has 0 atom stereocenters. The third kappa shape index (κ3) is 4.50. The van der Waals surface area contributed by atoms with Crippen molar-refractivity contribution in [3.8, 4) is 17.2 Å². The SMILES string of the molecule is COc1ccc(OC)c(C(=O)CSc2nnc(N3CCCC3)n2-c2ccccc2Cl)c1. The van der Waals surface area contributed by atoms with Crippen molar-refractivity contribution in [2.24, 2.45) is 0 Å². The van der Waals surface area contributed by atoms with Gasteiger partial charge in [0.15, 0.2) is 10.9 Å². The lowest BCUT2D eigenvalue weighted by Crippen LogP contribution is -2.22. The molecule has 0 saturated carbocycles. The minimum Gasteiger partial charge on any atom is -0.497 e. The number of carbonyl (C=O) groups excluding carboxylic acids is 1. The Balaban J connectivity index is 1.63. The van der Waals surface area contributed by atoms with Gasteiger partial charge >= 0.3 is 0 Å². The van der Waals surface area contributed by atoms with Crippen LogP contribution < -0.4 is 14.4 Å². The summed E-state index contributed by atoms with van der Waals surface area (Å²) in [6, 6.07) is 12.8. The fourth-order valence-electron chi connectivity index (χ4n) is 3.56. The molecule has 1 saturated heterocycles. The number of nitrogens with zero attached hydrogens (tertiary/aromatic N) is 4. The molecule has 2 aromatic carbocycles. The number of benzene rings is 2. The maximum Gasteiger partial charge on any atom is 0.232 e. The van der Waals surface area contributed by atoms with E-state index in [9.17, 15) is 4.79 Å². The molecule has 1 aliphatic rings. The average Bonchev–Trinajstić information content (AvgIpc) is 3.47. The number of hydrogen-bond donors (Lipinski definition) is 0. The first-order chi connectivity index (χ1) is 15.1. The van der Waals surface area contributed by atoms with Gasteiger partial charge in [-0.3, -0.25) is 9.36 Å². The summed E-state index contributed by atoms with van der Waals surface area (Å²) >= 11 is 7.82. The number of methoxy groups -OCH3 is 2. The first-order valence-electron chi connectivity index (χ1n) is 9.95. The Labute approximate surface area is 190 Å². The van der Waals surface area contributed by atoms with Crippen LogP contribution in [0.5, 0.6) is 11.5 Å². The number of hydrogen-bond acceptors (Lipinski definition) is 7. The van der Waals surface area contributed by atoms with Crippen molar-refractivity contribution in [2.45, 2.75) is 18.0 Å². The van der Waals surface area contributed by atoms with Crippen molar-refractivity contribution in [3.05, 3.63) is 53.1 Å². The van der Waals surface area contributed by atoms with Gasteiger partial charge in [-0.25, -0.2) is 0 Å². The molecule has 9 heteroatoms. The Morgan fingerprint density at radius 3 is 2.58 bits per heavy atom. The minimum atomic E-state index is -0.0859. The number of ketones is 1. The van der Waals surface area contributed by atoms with E-state index < -0.39 is 0 Å². The van der Waals surface area contributed by atoms with Crippen LogP contribution in [0.2, 0.25) is 5.02 Å². The van der Waals surface area contributed by atoms with Gasteiger partial charge in [-0.15, -0.1) is 10.2 Å². The molecule has 3 aromatic rings. The molecule has 4 rings (SSSR count). The van der Waals surface area contributed by atoms with Crippen LogP contribution in [0.1, 0.15) is 23.2 Å². The quantitative estimate of drug-likeness (QED) is 0.363. The second-order valence-electron chi connectivity index (χ2n) is 7.04. The number of ether oxygens (including phenoxy) is 2. The normalized spacial score (nSPS) is 13.5. The standard InChI is InChI=1S/C22H23ClN4O3S/c1-29-15-9-10-20(30-2)16(13-15)19(28)14-31-22-25-24-21(26-11-5-6-12-26)27(22)18-8-4-3-7-17(18)23/h3-4,7-10,13H,5-6,11-12,14H2,1-2H3. The third-order valence-electron chi connectivity index (χ3n) is 5.14. The molecule has 0 aliphatic carbocycles. The van der Waals surface area contributed by atoms with Crippen LogP contribution in [-0.2, 0) is 0 Å². The fraction of sp³-hybridized carbons (Fsp3) is 0.318. The molecule has 1 fully saturated rings. The molecule has 0 amide bonds. The monoisotopic (exact) mass is 458 g/mol. The van der Waals surface area contributed by atoms with Crippen LogP contribution in [0.25, 0.3) is 5.69 Å². The van der Waals surface area contributed by atoms with E-state index in [1.165, 1.54) is 11.8 Å². The first-order valence-corrected chi connectivity index (χ1v) is 11.3. The Kier molecular flexibility index (Phi) is 6.67. The van der Waals surface area contributed by atoms with Crippen molar-refractivity contribution in [1.82, 2.24) is 14.8 Å². The molecule has 162 valence electrons. The molecule has 0 unspecified atom stereocenters. The summed E-state index contributed by atoms with van der Waals surface area (Å²) in [4.78, 5) is 15.2. The highest BCUT2D eigenvalue weighted by Gasteiger charge is 2.24. The molecule has 1 aromatic heterocycles. The van der Waals surface area contributed by atoms with Crippen molar-refractivity contribution < 1.29 is 14.3 Å². The predicted octanol–water partition coefficient (Wildman–Crippen LogP) is 4.51. The van der Waals surface area contributed by atoms with Crippen LogP contribution in [0, 0.1) is 0 Å². The average molecular weight is 459 g/mol. The Morgan fingerprint density at radius 1 is 1.10 bits per heavy atom. The lowest BCUT2D eigenvalue weighted by molar-refractivity contribution is 0.101. The highest BCUT2D eigenvalue weighted by molar-refractivity contribution is 7.99. The van der Waals surface area contributed by atoms with Gasteiger partial charge < -0.3 is 14.4 Å². The van der Waals surface area contributed by atoms with Gasteiger partial charge in [0, 0.05) is 13.1 Å². The maximum absolute atomic E-state index is 13.0. The van der Waals surface area contributed by atoms with Gasteiger partial charge in [0.2, 0.25) is 5.95 Å². The van der Waals surface area contributed by atoms with Gasteiger partial charge in [0.05, 0.1) is 36.2 Å². The van der Waals surface area contributed by atoms with E-state index in [0.717, 1.165) is 37.6 Å². The van der Waals surface area contributed by atoms with Crippen LogP contribution in [0.3, 0.4) is 0 Å². The summed E-state index contributed by atoms with van der Waals surface area (Å²) in [6.07, 6.45) is 2.23. The van der Waals surface area contributed by atoms with Crippen molar-refractivity contribution in [3.63, 3.8) is 0 Å². The lowest BCUT2D eigenvalue weighted by atomic mass is 10.1. The molecule has 0 radical (unpaired) electrons. The first kappa shape index (κ1) is 21.5. The molecule has 2 heterocycles. The smallest absolute Gasteiger partial charge is 0.232 e. The zero-order valence-electron chi connectivity index (χ0n) is 17.4. The number of aromatic nitrogens is 3. The molecule has 31 heavy (non-hydrogen) atoms.